The highest BCUT2D eigenvalue weighted by Gasteiger charge is 2.32. The van der Waals surface area contributed by atoms with Crippen molar-refractivity contribution in [1.82, 2.24) is 4.90 Å². The number of nitro groups is 1. The first kappa shape index (κ1) is 23.9. The molecule has 0 aromatic heterocycles. The number of nitro benzene ring substituents is 1. The molecule has 0 unspecified atom stereocenters. The van der Waals surface area contributed by atoms with Crippen LogP contribution in [0.25, 0.3) is 6.08 Å². The maximum atomic E-state index is 12.5. The van der Waals surface area contributed by atoms with Gasteiger partial charge in [-0.1, -0.05) is 36.1 Å². The van der Waals surface area contributed by atoms with Crippen molar-refractivity contribution in [1.29, 1.82) is 0 Å². The molecule has 1 fully saturated rings. The van der Waals surface area contributed by atoms with E-state index in [0.29, 0.717) is 5.56 Å². The summed E-state index contributed by atoms with van der Waals surface area (Å²) >= 11 is 6.00. The summed E-state index contributed by atoms with van der Waals surface area (Å²) in [6, 6.07) is 9.66. The number of carboxylic acids is 1. The Morgan fingerprint density at radius 3 is 2.64 bits per heavy atom. The summed E-state index contributed by atoms with van der Waals surface area (Å²) in [6.07, 6.45) is 1.50. The second-order valence-corrected chi connectivity index (χ2v) is 8.15. The fourth-order valence-electron chi connectivity index (χ4n) is 2.79. The molecule has 1 amide bonds. The van der Waals surface area contributed by atoms with Gasteiger partial charge in [0.25, 0.3) is 11.6 Å². The molecule has 2 aromatic rings. The number of benzene rings is 2. The van der Waals surface area contributed by atoms with Crippen molar-refractivity contribution in [2.45, 2.75) is 6.92 Å². The Balaban J connectivity index is 1.84. The molecule has 0 radical (unpaired) electrons. The topological polar surface area (TPSA) is 139 Å². The van der Waals surface area contributed by atoms with Gasteiger partial charge in [0, 0.05) is 12.1 Å². The molecule has 33 heavy (non-hydrogen) atoms. The molecule has 0 N–H and O–H groups in total. The van der Waals surface area contributed by atoms with Gasteiger partial charge in [0.05, 0.1) is 34.5 Å². The van der Waals surface area contributed by atoms with E-state index in [2.05, 4.69) is 0 Å². The van der Waals surface area contributed by atoms with E-state index in [1.165, 1.54) is 36.4 Å². The first-order chi connectivity index (χ1) is 15.7. The fraction of sp³-hybridized carbons (Fsp3) is 0.143. The molecular formula is C21H15N2O8S2-. The van der Waals surface area contributed by atoms with Crippen molar-refractivity contribution in [3.8, 4) is 11.5 Å². The number of thioether (sulfide) groups is 1. The van der Waals surface area contributed by atoms with Gasteiger partial charge in [-0.15, -0.1) is 0 Å². The van der Waals surface area contributed by atoms with Crippen molar-refractivity contribution in [2.24, 2.45) is 0 Å². The summed E-state index contributed by atoms with van der Waals surface area (Å²) in [4.78, 5) is 47.2. The number of hydrogen-bond acceptors (Lipinski definition) is 10. The van der Waals surface area contributed by atoms with Crippen LogP contribution in [0.5, 0.6) is 11.5 Å². The fourth-order valence-corrected chi connectivity index (χ4v) is 4.04. The highest BCUT2D eigenvalue weighted by Crippen LogP contribution is 2.35. The maximum absolute atomic E-state index is 12.5. The molecular weight excluding hydrogens is 472 g/mol. The van der Waals surface area contributed by atoms with Crippen LogP contribution in [0.2, 0.25) is 0 Å². The van der Waals surface area contributed by atoms with E-state index in [-0.39, 0.29) is 38.6 Å². The number of non-ortho nitro benzene ring substituents is 1. The van der Waals surface area contributed by atoms with Gasteiger partial charge in [-0.25, -0.2) is 4.79 Å². The Kier molecular flexibility index (Phi) is 7.41. The number of carbonyl (C=O) groups excluding carboxylic acids is 3. The normalized spacial score (nSPS) is 14.5. The highest BCUT2D eigenvalue weighted by atomic mass is 32.2. The van der Waals surface area contributed by atoms with Crippen LogP contribution in [-0.2, 0) is 9.59 Å². The molecule has 1 heterocycles. The van der Waals surface area contributed by atoms with E-state index >= 15 is 0 Å². The third-order valence-electron chi connectivity index (χ3n) is 4.22. The van der Waals surface area contributed by atoms with Crippen molar-refractivity contribution >= 4 is 57.9 Å². The minimum Gasteiger partial charge on any atom is -0.548 e. The molecule has 12 heteroatoms. The van der Waals surface area contributed by atoms with Crippen LogP contribution in [0.3, 0.4) is 0 Å². The average molecular weight is 487 g/mol. The van der Waals surface area contributed by atoms with Crippen LogP contribution in [0.1, 0.15) is 22.8 Å². The van der Waals surface area contributed by atoms with Gasteiger partial charge in [0.2, 0.25) is 0 Å². The quantitative estimate of drug-likeness (QED) is 0.136. The minimum atomic E-state index is -1.43. The molecule has 0 spiro atoms. The van der Waals surface area contributed by atoms with Gasteiger partial charge < -0.3 is 19.4 Å². The standard InChI is InChI=1S/C21H16N2O8S2/c1-2-30-16-8-12(9-17-19(26)22(11-18(24)25)21(32)33-17)6-7-15(16)31-20(27)13-4-3-5-14(10-13)23(28)29/h3-10H,2,11H2,1H3,(H,24,25)/p-1/b17-9-. The number of ether oxygens (including phenoxy) is 2. The highest BCUT2D eigenvalue weighted by molar-refractivity contribution is 8.26. The second kappa shape index (κ2) is 10.2. The molecule has 3 rings (SSSR count). The van der Waals surface area contributed by atoms with Crippen LogP contribution in [-0.4, -0.2) is 45.1 Å². The maximum Gasteiger partial charge on any atom is 0.343 e. The largest absolute Gasteiger partial charge is 0.548 e. The van der Waals surface area contributed by atoms with Gasteiger partial charge >= 0.3 is 5.97 Å². The predicted octanol–water partition coefficient (Wildman–Crippen LogP) is 2.16. The summed E-state index contributed by atoms with van der Waals surface area (Å²) in [7, 11) is 0. The summed E-state index contributed by atoms with van der Waals surface area (Å²) in [6.45, 7) is 1.33. The number of carboxylic acid groups (broad SMARTS) is 1. The zero-order chi connectivity index (χ0) is 24.1. The van der Waals surface area contributed by atoms with Crippen LogP contribution in [0.15, 0.2) is 47.4 Å². The lowest BCUT2D eigenvalue weighted by molar-refractivity contribution is -0.384. The smallest absolute Gasteiger partial charge is 0.343 e. The molecule has 170 valence electrons. The van der Waals surface area contributed by atoms with Crippen molar-refractivity contribution in [3.05, 3.63) is 68.6 Å². The lowest BCUT2D eigenvalue weighted by Crippen LogP contribution is -2.40. The predicted molar refractivity (Wildman–Crippen MR) is 121 cm³/mol. The lowest BCUT2D eigenvalue weighted by atomic mass is 10.1. The van der Waals surface area contributed by atoms with Gasteiger partial charge in [-0.3, -0.25) is 19.8 Å². The summed E-state index contributed by atoms with van der Waals surface area (Å²) in [5.74, 6) is -2.52. The van der Waals surface area contributed by atoms with E-state index < -0.39 is 29.3 Å². The van der Waals surface area contributed by atoms with E-state index in [4.69, 9.17) is 21.7 Å². The number of thiocarbonyl (C=S) groups is 1. The molecule has 2 aromatic carbocycles. The van der Waals surface area contributed by atoms with E-state index in [1.807, 2.05) is 0 Å². The van der Waals surface area contributed by atoms with E-state index in [9.17, 15) is 29.6 Å². The second-order valence-electron chi connectivity index (χ2n) is 6.48. The number of esters is 1. The van der Waals surface area contributed by atoms with Crippen molar-refractivity contribution < 1.29 is 33.9 Å². The van der Waals surface area contributed by atoms with Crippen LogP contribution in [0, 0.1) is 10.1 Å². The SMILES string of the molecule is CCOc1cc(/C=C2\SC(=S)N(CC(=O)[O-])C2=O)ccc1OC(=O)c1cccc([N+](=O)[O-])c1. The summed E-state index contributed by atoms with van der Waals surface area (Å²) < 4.78 is 11.0. The molecule has 0 atom stereocenters. The molecule has 0 aliphatic carbocycles. The third kappa shape index (κ3) is 5.73. The van der Waals surface area contributed by atoms with Gasteiger partial charge in [-0.05, 0) is 36.8 Å². The first-order valence-corrected chi connectivity index (χ1v) is 10.6. The Morgan fingerprint density at radius 2 is 1.97 bits per heavy atom. The number of hydrogen-bond donors (Lipinski definition) is 0. The van der Waals surface area contributed by atoms with E-state index in [0.717, 1.165) is 22.7 Å². The van der Waals surface area contributed by atoms with Crippen molar-refractivity contribution in [3.63, 3.8) is 0 Å². The zero-order valence-corrected chi connectivity index (χ0v) is 18.6. The molecule has 1 aliphatic rings. The molecule has 0 saturated carbocycles. The third-order valence-corrected chi connectivity index (χ3v) is 5.60. The number of rotatable bonds is 8. The molecule has 1 aliphatic heterocycles. The Bertz CT molecular complexity index is 1190. The Morgan fingerprint density at radius 1 is 1.21 bits per heavy atom. The average Bonchev–Trinajstić information content (AvgIpc) is 3.02. The molecule has 0 bridgehead atoms. The van der Waals surface area contributed by atoms with Crippen LogP contribution in [0.4, 0.5) is 5.69 Å². The van der Waals surface area contributed by atoms with Crippen molar-refractivity contribution in [2.75, 3.05) is 13.2 Å². The zero-order valence-electron chi connectivity index (χ0n) is 17.0. The van der Waals surface area contributed by atoms with Gasteiger partial charge in [0.1, 0.15) is 4.32 Å². The minimum absolute atomic E-state index is 0.00711. The van der Waals surface area contributed by atoms with E-state index in [1.54, 1.807) is 13.0 Å². The summed E-state index contributed by atoms with van der Waals surface area (Å²) in [5, 5.41) is 21.8. The summed E-state index contributed by atoms with van der Waals surface area (Å²) in [5.41, 5.74) is 0.260. The molecule has 1 saturated heterocycles. The van der Waals surface area contributed by atoms with Crippen LogP contribution >= 0.6 is 24.0 Å². The first-order valence-electron chi connectivity index (χ1n) is 9.38. The Labute approximate surface area is 196 Å². The Hall–Kier alpha value is -3.77. The van der Waals surface area contributed by atoms with Gasteiger partial charge in [-0.2, -0.15) is 0 Å². The number of nitrogens with zero attached hydrogens (tertiary/aromatic N) is 2. The lowest BCUT2D eigenvalue weighted by Gasteiger charge is -2.14. The van der Waals surface area contributed by atoms with Gasteiger partial charge in [0.15, 0.2) is 11.5 Å². The number of aliphatic carboxylic acids is 1. The van der Waals surface area contributed by atoms with Crippen LogP contribution < -0.4 is 14.6 Å². The molecule has 10 nitrogen and oxygen atoms in total. The monoisotopic (exact) mass is 487 g/mol. The number of carbonyl (C=O) groups is 3. The number of amides is 1.